The van der Waals surface area contributed by atoms with Gasteiger partial charge in [0.2, 0.25) is 5.91 Å². The molecular weight excluding hydrogens is 552 g/mol. The Morgan fingerprint density at radius 3 is 2.58 bits per heavy atom. The van der Waals surface area contributed by atoms with E-state index < -0.39 is 11.8 Å². The second-order valence-corrected chi connectivity index (χ2v) is 10.1. The molecule has 3 aromatic rings. The highest BCUT2D eigenvalue weighted by molar-refractivity contribution is 8.03. The van der Waals surface area contributed by atoms with Gasteiger partial charge in [-0.25, -0.2) is 0 Å². The number of amides is 2. The van der Waals surface area contributed by atoms with E-state index in [1.807, 2.05) is 6.92 Å². The zero-order chi connectivity index (χ0) is 28.8. The topological polar surface area (TPSA) is 126 Å². The lowest BCUT2D eigenvalue weighted by Gasteiger charge is -2.28. The first-order valence-electron chi connectivity index (χ1n) is 12.1. The van der Waals surface area contributed by atoms with E-state index >= 15 is 0 Å². The molecule has 3 N–H and O–H groups in total. The van der Waals surface area contributed by atoms with E-state index in [2.05, 4.69) is 22.0 Å². The normalized spacial score (nSPS) is 14.8. The zero-order valence-corrected chi connectivity index (χ0v) is 23.8. The smallest absolute Gasteiger partial charge is 0.254 e. The van der Waals surface area contributed by atoms with E-state index in [1.54, 1.807) is 55.5 Å². The average molecular weight is 579 g/mol. The highest BCUT2D eigenvalue weighted by Gasteiger charge is 2.36. The number of allylic oxidation sites excluding steroid dienone is 2. The van der Waals surface area contributed by atoms with Crippen molar-refractivity contribution >= 4 is 46.6 Å². The van der Waals surface area contributed by atoms with Crippen LogP contribution in [0.25, 0.3) is 0 Å². The number of methoxy groups -OCH3 is 2. The summed E-state index contributed by atoms with van der Waals surface area (Å²) in [6.07, 6.45) is 1.48. The van der Waals surface area contributed by atoms with Gasteiger partial charge in [-0.05, 0) is 55.8 Å². The van der Waals surface area contributed by atoms with Crippen LogP contribution in [0.2, 0.25) is 5.02 Å². The van der Waals surface area contributed by atoms with Gasteiger partial charge in [0.15, 0.2) is 0 Å². The summed E-state index contributed by atoms with van der Waals surface area (Å²) in [5.74, 6) is -0.126. The minimum absolute atomic E-state index is 0.0140. The predicted octanol–water partition coefficient (Wildman–Crippen LogP) is 5.97. The number of nitriles is 1. The minimum atomic E-state index is -0.807. The van der Waals surface area contributed by atoms with Crippen molar-refractivity contribution in [2.24, 2.45) is 0 Å². The van der Waals surface area contributed by atoms with E-state index in [1.165, 1.54) is 20.5 Å². The van der Waals surface area contributed by atoms with Gasteiger partial charge >= 0.3 is 0 Å². The molecule has 206 valence electrons. The van der Waals surface area contributed by atoms with Crippen LogP contribution in [-0.4, -0.2) is 31.8 Å². The molecule has 0 aliphatic carbocycles. The number of halogens is 1. The number of nitrogens with one attached hydrogen (secondary N) is 3. The van der Waals surface area contributed by atoms with E-state index in [0.29, 0.717) is 50.0 Å². The van der Waals surface area contributed by atoms with Gasteiger partial charge in [0.1, 0.15) is 17.3 Å². The highest BCUT2D eigenvalue weighted by Crippen LogP contribution is 2.41. The van der Waals surface area contributed by atoms with Gasteiger partial charge in [0, 0.05) is 22.5 Å². The molecule has 2 heterocycles. The Morgan fingerprint density at radius 1 is 1.10 bits per heavy atom. The molecule has 2 aromatic carbocycles. The predicted molar refractivity (Wildman–Crippen MR) is 155 cm³/mol. The number of benzene rings is 2. The molecule has 1 unspecified atom stereocenters. The van der Waals surface area contributed by atoms with Gasteiger partial charge < -0.3 is 29.8 Å². The maximum atomic E-state index is 13.7. The molecule has 40 heavy (non-hydrogen) atoms. The molecular formula is C29H27ClN4O5S. The van der Waals surface area contributed by atoms with Crippen LogP contribution < -0.4 is 25.4 Å². The number of ether oxygens (including phenoxy) is 2. The molecule has 4 rings (SSSR count). The lowest BCUT2D eigenvalue weighted by Crippen LogP contribution is -2.31. The molecule has 0 saturated carbocycles. The van der Waals surface area contributed by atoms with Gasteiger partial charge in [-0.1, -0.05) is 29.4 Å². The summed E-state index contributed by atoms with van der Waals surface area (Å²) in [6, 6.07) is 15.9. The maximum Gasteiger partial charge on any atom is 0.254 e. The summed E-state index contributed by atoms with van der Waals surface area (Å²) >= 11 is 7.33. The Hall–Kier alpha value is -4.33. The first-order valence-corrected chi connectivity index (χ1v) is 13.5. The summed E-state index contributed by atoms with van der Waals surface area (Å²) in [4.78, 5) is 26.5. The molecule has 11 heteroatoms. The summed E-state index contributed by atoms with van der Waals surface area (Å²) in [5, 5.41) is 20.1. The lowest BCUT2D eigenvalue weighted by molar-refractivity contribution is -0.114. The van der Waals surface area contributed by atoms with Crippen molar-refractivity contribution in [3.05, 3.63) is 93.0 Å². The van der Waals surface area contributed by atoms with Crippen molar-refractivity contribution in [2.45, 2.75) is 19.8 Å². The second kappa shape index (κ2) is 12.7. The van der Waals surface area contributed by atoms with Crippen molar-refractivity contribution in [2.75, 3.05) is 30.6 Å². The Labute approximate surface area is 241 Å². The Bertz CT molecular complexity index is 1540. The van der Waals surface area contributed by atoms with Crippen LogP contribution in [-0.2, 0) is 9.59 Å². The maximum absolute atomic E-state index is 13.7. The van der Waals surface area contributed by atoms with E-state index in [-0.39, 0.29) is 17.2 Å². The van der Waals surface area contributed by atoms with Crippen LogP contribution in [0.5, 0.6) is 11.5 Å². The fourth-order valence-electron chi connectivity index (χ4n) is 4.24. The Balaban J connectivity index is 1.61. The monoisotopic (exact) mass is 578 g/mol. The van der Waals surface area contributed by atoms with Crippen LogP contribution in [0, 0.1) is 18.3 Å². The van der Waals surface area contributed by atoms with Crippen LogP contribution in [0.3, 0.4) is 0 Å². The SMILES string of the molecule is COc1ccc(OC)c(NC(=O)C2=C(C)NC(SCC(=O)Nc3cccc(Cl)c3C)=C(C#N)C2c2ccco2)c1. The van der Waals surface area contributed by atoms with Crippen molar-refractivity contribution in [3.63, 3.8) is 0 Å². The molecule has 0 bridgehead atoms. The number of thioether (sulfide) groups is 1. The number of anilines is 2. The summed E-state index contributed by atoms with van der Waals surface area (Å²) in [6.45, 7) is 3.55. The zero-order valence-electron chi connectivity index (χ0n) is 22.3. The number of hydrogen-bond acceptors (Lipinski definition) is 8. The standard InChI is InChI=1S/C29H27ClN4O5S/c1-16-20(30)7-5-8-21(16)33-25(35)15-40-29-19(14-31)27(24-9-6-12-39-24)26(17(2)32-29)28(36)34-22-13-18(37-3)10-11-23(22)38-4/h5-13,27,32H,15H2,1-4H3,(H,33,35)(H,34,36). The van der Waals surface area contributed by atoms with Crippen molar-refractivity contribution in [3.8, 4) is 17.6 Å². The number of carbonyl (C=O) groups is 2. The number of rotatable bonds is 9. The summed E-state index contributed by atoms with van der Waals surface area (Å²) < 4.78 is 16.4. The van der Waals surface area contributed by atoms with Gasteiger partial charge in [0.05, 0.1) is 60.1 Å². The molecule has 0 radical (unpaired) electrons. The number of hydrogen-bond donors (Lipinski definition) is 3. The van der Waals surface area contributed by atoms with Gasteiger partial charge in [-0.15, -0.1) is 0 Å². The van der Waals surface area contributed by atoms with Crippen LogP contribution in [0.1, 0.15) is 24.2 Å². The van der Waals surface area contributed by atoms with Crippen LogP contribution >= 0.6 is 23.4 Å². The number of nitrogens with zero attached hydrogens (tertiary/aromatic N) is 1. The van der Waals surface area contributed by atoms with E-state index in [9.17, 15) is 14.9 Å². The van der Waals surface area contributed by atoms with E-state index in [0.717, 1.165) is 17.3 Å². The molecule has 9 nitrogen and oxygen atoms in total. The third-order valence-corrected chi connectivity index (χ3v) is 7.69. The van der Waals surface area contributed by atoms with Crippen molar-refractivity contribution < 1.29 is 23.5 Å². The van der Waals surface area contributed by atoms with Gasteiger partial charge in [-0.3, -0.25) is 9.59 Å². The van der Waals surface area contributed by atoms with Gasteiger partial charge in [-0.2, -0.15) is 5.26 Å². The molecule has 1 aromatic heterocycles. The van der Waals surface area contributed by atoms with Crippen LogP contribution in [0.15, 0.2) is 81.1 Å². The van der Waals surface area contributed by atoms with Gasteiger partial charge in [0.25, 0.3) is 5.91 Å². The molecule has 0 saturated heterocycles. The first kappa shape index (κ1) is 28.7. The molecule has 1 atom stereocenters. The average Bonchev–Trinajstić information content (AvgIpc) is 3.48. The number of dihydropyridines is 1. The largest absolute Gasteiger partial charge is 0.497 e. The summed E-state index contributed by atoms with van der Waals surface area (Å²) in [5.41, 5.74) is 2.82. The minimum Gasteiger partial charge on any atom is -0.497 e. The highest BCUT2D eigenvalue weighted by atomic mass is 35.5. The third-order valence-electron chi connectivity index (χ3n) is 6.26. The van der Waals surface area contributed by atoms with Crippen molar-refractivity contribution in [1.29, 1.82) is 5.26 Å². The lowest BCUT2D eigenvalue weighted by atomic mass is 9.85. The quantitative estimate of drug-likeness (QED) is 0.284. The number of carbonyl (C=O) groups excluding carboxylic acids is 2. The third kappa shape index (κ3) is 6.11. The Morgan fingerprint density at radius 2 is 1.90 bits per heavy atom. The fraction of sp³-hybridized carbons (Fsp3) is 0.207. The van der Waals surface area contributed by atoms with Crippen molar-refractivity contribution in [1.82, 2.24) is 5.32 Å². The molecule has 2 amide bonds. The summed E-state index contributed by atoms with van der Waals surface area (Å²) in [7, 11) is 3.03. The van der Waals surface area contributed by atoms with Crippen LogP contribution in [0.4, 0.5) is 11.4 Å². The fourth-order valence-corrected chi connectivity index (χ4v) is 5.30. The molecule has 1 aliphatic rings. The van der Waals surface area contributed by atoms with E-state index in [4.69, 9.17) is 25.5 Å². The second-order valence-electron chi connectivity index (χ2n) is 8.74. The molecule has 0 spiro atoms. The first-order chi connectivity index (χ1) is 19.3. The molecule has 1 aliphatic heterocycles. The molecule has 0 fully saturated rings. The number of furan rings is 1. The Kier molecular flexibility index (Phi) is 9.09.